The topological polar surface area (TPSA) is 149 Å². The molecule has 7 atom stereocenters. The molecule has 1 aliphatic heterocycles. The summed E-state index contributed by atoms with van der Waals surface area (Å²) >= 11 is 0. The monoisotopic (exact) mass is 882 g/mol. The van der Waals surface area contributed by atoms with Gasteiger partial charge in [-0.05, 0) is 38.5 Å². The number of carbonyl (C=O) groups is 1. The van der Waals surface area contributed by atoms with Gasteiger partial charge >= 0.3 is 0 Å². The van der Waals surface area contributed by atoms with E-state index in [1.54, 1.807) is 0 Å². The van der Waals surface area contributed by atoms with Crippen molar-refractivity contribution in [3.8, 4) is 0 Å². The number of unbranched alkanes of at least 4 members (excludes halogenated alkanes) is 34. The van der Waals surface area contributed by atoms with Crippen LogP contribution in [-0.2, 0) is 14.3 Å². The van der Waals surface area contributed by atoms with E-state index in [4.69, 9.17) is 9.47 Å². The maximum absolute atomic E-state index is 13.0. The molecule has 0 aromatic heterocycles. The Morgan fingerprint density at radius 3 is 1.31 bits per heavy atom. The second-order valence-electron chi connectivity index (χ2n) is 19.0. The molecule has 1 amide bonds. The number of hydrogen-bond donors (Lipinski definition) is 6. The number of aliphatic hydroxyl groups is 5. The molecular weight excluding hydrogens is 779 g/mol. The molecule has 1 heterocycles. The highest BCUT2D eigenvalue weighted by Crippen LogP contribution is 2.23. The lowest BCUT2D eigenvalue weighted by Crippen LogP contribution is -2.60. The lowest BCUT2D eigenvalue weighted by Gasteiger charge is -2.40. The van der Waals surface area contributed by atoms with Crippen LogP contribution in [0.15, 0.2) is 12.2 Å². The maximum atomic E-state index is 13.0. The number of amides is 1. The molecule has 1 fully saturated rings. The van der Waals surface area contributed by atoms with Gasteiger partial charge in [-0.1, -0.05) is 231 Å². The van der Waals surface area contributed by atoms with E-state index in [0.29, 0.717) is 12.8 Å². The van der Waals surface area contributed by atoms with Crippen molar-refractivity contribution in [1.29, 1.82) is 0 Å². The van der Waals surface area contributed by atoms with Crippen LogP contribution in [0.2, 0.25) is 0 Å². The van der Waals surface area contributed by atoms with E-state index >= 15 is 0 Å². The summed E-state index contributed by atoms with van der Waals surface area (Å²) in [4.78, 5) is 13.0. The number of carbonyl (C=O) groups excluding carboxylic acids is 1. The van der Waals surface area contributed by atoms with Crippen LogP contribution in [0.25, 0.3) is 0 Å². The highest BCUT2D eigenvalue weighted by Gasteiger charge is 2.44. The number of rotatable bonds is 46. The molecule has 1 aliphatic rings. The summed E-state index contributed by atoms with van der Waals surface area (Å²) in [5, 5.41) is 54.5. The molecule has 62 heavy (non-hydrogen) atoms. The first kappa shape index (κ1) is 58.9. The van der Waals surface area contributed by atoms with Gasteiger partial charge in [-0.3, -0.25) is 4.79 Å². The van der Waals surface area contributed by atoms with Gasteiger partial charge in [0.1, 0.15) is 24.4 Å². The predicted molar refractivity (Wildman–Crippen MR) is 258 cm³/mol. The summed E-state index contributed by atoms with van der Waals surface area (Å²) in [7, 11) is 0. The van der Waals surface area contributed by atoms with Crippen molar-refractivity contribution in [2.24, 2.45) is 0 Å². The third kappa shape index (κ3) is 33.4. The molecule has 9 heteroatoms. The fourth-order valence-electron chi connectivity index (χ4n) is 8.80. The minimum absolute atomic E-state index is 0.136. The Hall–Kier alpha value is -1.07. The Morgan fingerprint density at radius 2 is 0.903 bits per heavy atom. The average molecular weight is 882 g/mol. The number of hydrogen-bond acceptors (Lipinski definition) is 8. The summed E-state index contributed by atoms with van der Waals surface area (Å²) in [5.41, 5.74) is 0. The molecule has 0 aromatic rings. The first-order chi connectivity index (χ1) is 30.3. The van der Waals surface area contributed by atoms with E-state index in [9.17, 15) is 30.3 Å². The number of ether oxygens (including phenoxy) is 2. The van der Waals surface area contributed by atoms with Crippen LogP contribution in [0.1, 0.15) is 264 Å². The van der Waals surface area contributed by atoms with Crippen LogP contribution in [0.4, 0.5) is 0 Å². The van der Waals surface area contributed by atoms with E-state index in [0.717, 1.165) is 38.5 Å². The van der Waals surface area contributed by atoms with E-state index in [1.165, 1.54) is 199 Å². The van der Waals surface area contributed by atoms with Crippen LogP contribution in [-0.4, -0.2) is 87.5 Å². The predicted octanol–water partition coefficient (Wildman–Crippen LogP) is 12.5. The minimum Gasteiger partial charge on any atom is -0.394 e. The Kier molecular flexibility index (Phi) is 41.6. The smallest absolute Gasteiger partial charge is 0.220 e. The fourth-order valence-corrected chi connectivity index (χ4v) is 8.80. The zero-order chi connectivity index (χ0) is 45.1. The van der Waals surface area contributed by atoms with Gasteiger partial charge in [0.05, 0.1) is 25.4 Å². The van der Waals surface area contributed by atoms with Crippen molar-refractivity contribution >= 4 is 5.91 Å². The molecule has 368 valence electrons. The van der Waals surface area contributed by atoms with Gasteiger partial charge in [-0.2, -0.15) is 0 Å². The number of allylic oxidation sites excluding steroid dienone is 2. The molecule has 0 bridgehead atoms. The lowest BCUT2D eigenvalue weighted by atomic mass is 9.99. The first-order valence-corrected chi connectivity index (χ1v) is 26.9. The van der Waals surface area contributed by atoms with Gasteiger partial charge in [0.25, 0.3) is 0 Å². The number of nitrogens with one attached hydrogen (secondary N) is 1. The minimum atomic E-state index is -1.55. The van der Waals surface area contributed by atoms with Crippen molar-refractivity contribution in [1.82, 2.24) is 5.32 Å². The quantitative estimate of drug-likeness (QED) is 0.0261. The van der Waals surface area contributed by atoms with Gasteiger partial charge in [-0.15, -0.1) is 0 Å². The van der Waals surface area contributed by atoms with E-state index < -0.39 is 49.5 Å². The largest absolute Gasteiger partial charge is 0.394 e. The average Bonchev–Trinajstić information content (AvgIpc) is 3.27. The second kappa shape index (κ2) is 43.8. The van der Waals surface area contributed by atoms with Crippen molar-refractivity contribution in [2.75, 3.05) is 13.2 Å². The summed E-state index contributed by atoms with van der Waals surface area (Å²) in [6.45, 7) is 3.86. The highest BCUT2D eigenvalue weighted by molar-refractivity contribution is 5.76. The van der Waals surface area contributed by atoms with Crippen molar-refractivity contribution in [2.45, 2.75) is 307 Å². The zero-order valence-corrected chi connectivity index (χ0v) is 40.6. The van der Waals surface area contributed by atoms with Crippen LogP contribution < -0.4 is 5.32 Å². The molecule has 0 spiro atoms. The maximum Gasteiger partial charge on any atom is 0.220 e. The third-order valence-electron chi connectivity index (χ3n) is 13.1. The van der Waals surface area contributed by atoms with Gasteiger partial charge in [0.15, 0.2) is 6.29 Å². The molecular formula is C53H103NO8. The van der Waals surface area contributed by atoms with Crippen LogP contribution in [0, 0.1) is 0 Å². The number of aliphatic hydroxyl groups excluding tert-OH is 5. The first-order valence-electron chi connectivity index (χ1n) is 26.9. The van der Waals surface area contributed by atoms with Crippen LogP contribution in [0.3, 0.4) is 0 Å². The second-order valence-corrected chi connectivity index (χ2v) is 19.0. The van der Waals surface area contributed by atoms with Gasteiger partial charge in [0, 0.05) is 6.42 Å². The molecule has 0 aromatic carbocycles. The molecule has 9 nitrogen and oxygen atoms in total. The Bertz CT molecular complexity index is 981. The molecule has 1 saturated heterocycles. The van der Waals surface area contributed by atoms with Gasteiger partial charge < -0.3 is 40.3 Å². The standard InChI is InChI=1S/C53H103NO8/c1-3-5-7-9-11-13-15-17-19-21-22-23-24-25-26-27-29-31-33-35-37-39-41-43-49(57)54-46(45-61-53-52(60)51(59)50(58)48(44-55)62-53)47(56)42-40-38-36-34-32-30-28-20-18-16-14-12-10-8-6-4-2/h25-26,46-48,50-53,55-56,58-60H,3-24,27-45H2,1-2H3,(H,54,57)/b26-25-. The highest BCUT2D eigenvalue weighted by atomic mass is 16.7. The summed E-state index contributed by atoms with van der Waals surface area (Å²) in [5.74, 6) is -0.145. The van der Waals surface area contributed by atoms with Gasteiger partial charge in [0.2, 0.25) is 5.91 Å². The van der Waals surface area contributed by atoms with Crippen molar-refractivity contribution in [3.63, 3.8) is 0 Å². The van der Waals surface area contributed by atoms with E-state index in [-0.39, 0.29) is 12.5 Å². The molecule has 0 aliphatic carbocycles. The fraction of sp³-hybridized carbons (Fsp3) is 0.943. The Morgan fingerprint density at radius 1 is 0.532 bits per heavy atom. The Labute approximate surface area is 382 Å². The summed E-state index contributed by atoms with van der Waals surface area (Å²) in [6, 6.07) is -0.718. The lowest BCUT2D eigenvalue weighted by molar-refractivity contribution is -0.302. The molecule has 0 saturated carbocycles. The van der Waals surface area contributed by atoms with Gasteiger partial charge in [-0.25, -0.2) is 0 Å². The molecule has 0 radical (unpaired) electrons. The summed E-state index contributed by atoms with van der Waals surface area (Å²) in [6.07, 6.45) is 45.1. The van der Waals surface area contributed by atoms with Crippen LogP contribution in [0.5, 0.6) is 0 Å². The van der Waals surface area contributed by atoms with E-state index in [2.05, 4.69) is 31.3 Å². The summed E-state index contributed by atoms with van der Waals surface area (Å²) < 4.78 is 11.3. The third-order valence-corrected chi connectivity index (χ3v) is 13.1. The normalized spacial score (nSPS) is 20.3. The SMILES string of the molecule is CCCCCCCCCCCCCC/C=C\CCCCCCCCCC(=O)NC(COC1OC(CO)C(O)C(O)C1O)C(O)CCCCCCCCCCCCCCCCCC. The van der Waals surface area contributed by atoms with E-state index in [1.807, 2.05) is 0 Å². The Balaban J connectivity index is 2.23. The van der Waals surface area contributed by atoms with Crippen molar-refractivity contribution < 1.29 is 39.8 Å². The molecule has 7 unspecified atom stereocenters. The molecule has 6 N–H and O–H groups in total. The van der Waals surface area contributed by atoms with Crippen molar-refractivity contribution in [3.05, 3.63) is 12.2 Å². The zero-order valence-electron chi connectivity index (χ0n) is 40.6. The molecule has 1 rings (SSSR count). The van der Waals surface area contributed by atoms with Crippen LogP contribution >= 0.6 is 0 Å².